The third-order valence-corrected chi connectivity index (χ3v) is 5.19. The molecule has 0 unspecified atom stereocenters. The molecule has 0 aliphatic carbocycles. The number of carbonyl (C=O) groups is 1. The Kier molecular flexibility index (Phi) is 7.53. The maximum Gasteiger partial charge on any atom is 0.409 e. The van der Waals surface area contributed by atoms with Crippen LogP contribution in [0, 0.1) is 0 Å². The van der Waals surface area contributed by atoms with Gasteiger partial charge < -0.3 is 30.7 Å². The number of nitrogens with one attached hydrogen (secondary N) is 2. The molecule has 9 nitrogen and oxygen atoms in total. The number of nitrogens with zero attached hydrogens (tertiary/aromatic N) is 3. The normalized spacial score (nSPS) is 18.7. The number of nitrogens with two attached hydrogens (primary N) is 1. The van der Waals surface area contributed by atoms with E-state index in [9.17, 15) is 4.79 Å². The van der Waals surface area contributed by atoms with E-state index < -0.39 is 0 Å². The molecule has 9 heteroatoms. The quantitative estimate of drug-likeness (QED) is 0.606. The molecule has 1 amide bonds. The molecule has 0 radical (unpaired) electrons. The van der Waals surface area contributed by atoms with Gasteiger partial charge in [0, 0.05) is 38.4 Å². The van der Waals surface area contributed by atoms with Crippen LogP contribution < -0.4 is 16.4 Å². The molecule has 2 aliphatic rings. The molecular formula is C19H32N6O3. The fourth-order valence-corrected chi connectivity index (χ4v) is 3.40. The highest BCUT2D eigenvalue weighted by molar-refractivity contribution is 5.68. The molecule has 1 aromatic heterocycles. The minimum Gasteiger partial charge on any atom is -0.449 e. The van der Waals surface area contributed by atoms with Crippen LogP contribution in [-0.2, 0) is 9.47 Å². The van der Waals surface area contributed by atoms with Crippen molar-refractivity contribution in [1.82, 2.24) is 14.9 Å². The molecule has 0 bridgehead atoms. The Hall–Kier alpha value is -2.29. The summed E-state index contributed by atoms with van der Waals surface area (Å²) in [5, 5.41) is 6.78. The average Bonchev–Trinajstić information content (AvgIpc) is 2.72. The lowest BCUT2D eigenvalue weighted by molar-refractivity contribution is 0.0903. The lowest BCUT2D eigenvalue weighted by Crippen LogP contribution is -2.42. The molecule has 1 aromatic rings. The van der Waals surface area contributed by atoms with E-state index in [2.05, 4.69) is 27.5 Å². The zero-order chi connectivity index (χ0) is 19.8. The average molecular weight is 393 g/mol. The van der Waals surface area contributed by atoms with Crippen molar-refractivity contribution in [1.29, 1.82) is 0 Å². The number of unbranched alkanes of at least 4 members (excludes halogenated alkanes) is 1. The number of rotatable bonds is 7. The zero-order valence-corrected chi connectivity index (χ0v) is 16.7. The summed E-state index contributed by atoms with van der Waals surface area (Å²) in [7, 11) is 0. The van der Waals surface area contributed by atoms with Crippen molar-refractivity contribution in [2.24, 2.45) is 0 Å². The highest BCUT2D eigenvalue weighted by Crippen LogP contribution is 2.22. The van der Waals surface area contributed by atoms with Gasteiger partial charge in [-0.05, 0) is 32.1 Å². The van der Waals surface area contributed by atoms with Crippen LogP contribution in [0.5, 0.6) is 0 Å². The molecule has 2 saturated heterocycles. The van der Waals surface area contributed by atoms with Crippen molar-refractivity contribution in [2.45, 2.75) is 57.5 Å². The number of hydrogen-bond acceptors (Lipinski definition) is 8. The summed E-state index contributed by atoms with van der Waals surface area (Å²) >= 11 is 0. The van der Waals surface area contributed by atoms with Gasteiger partial charge in [0.25, 0.3) is 0 Å². The van der Waals surface area contributed by atoms with E-state index in [-0.39, 0.29) is 12.1 Å². The fourth-order valence-electron chi connectivity index (χ4n) is 3.40. The van der Waals surface area contributed by atoms with Crippen LogP contribution in [-0.4, -0.2) is 66.0 Å². The fraction of sp³-hybridized carbons (Fsp3) is 0.737. The Balaban J connectivity index is 1.48. The SMILES string of the molecule is CCCCOC(=O)N1CCC(Nc2nc(NC3CCOCC3)ncc2N)CC1. The Morgan fingerprint density at radius 1 is 1.25 bits per heavy atom. The molecule has 2 aliphatic heterocycles. The first-order valence-electron chi connectivity index (χ1n) is 10.3. The number of amides is 1. The highest BCUT2D eigenvalue weighted by atomic mass is 16.6. The van der Waals surface area contributed by atoms with E-state index >= 15 is 0 Å². The number of anilines is 3. The van der Waals surface area contributed by atoms with Gasteiger partial charge in [0.1, 0.15) is 0 Å². The molecular weight excluding hydrogens is 360 g/mol. The van der Waals surface area contributed by atoms with Crippen LogP contribution in [0.4, 0.5) is 22.2 Å². The van der Waals surface area contributed by atoms with Crippen LogP contribution >= 0.6 is 0 Å². The molecule has 3 rings (SSSR count). The van der Waals surface area contributed by atoms with E-state index in [1.165, 1.54) is 0 Å². The first-order chi connectivity index (χ1) is 13.7. The van der Waals surface area contributed by atoms with Crippen LogP contribution in [0.3, 0.4) is 0 Å². The Morgan fingerprint density at radius 3 is 2.68 bits per heavy atom. The highest BCUT2D eigenvalue weighted by Gasteiger charge is 2.24. The molecule has 156 valence electrons. The molecule has 4 N–H and O–H groups in total. The van der Waals surface area contributed by atoms with Crippen molar-refractivity contribution in [3.63, 3.8) is 0 Å². The molecule has 0 aromatic carbocycles. The van der Waals surface area contributed by atoms with Crippen molar-refractivity contribution in [3.8, 4) is 0 Å². The van der Waals surface area contributed by atoms with E-state index in [0.717, 1.165) is 51.7 Å². The number of aromatic nitrogens is 2. The van der Waals surface area contributed by atoms with E-state index in [0.29, 0.717) is 43.2 Å². The maximum atomic E-state index is 12.1. The molecule has 0 spiro atoms. The smallest absolute Gasteiger partial charge is 0.409 e. The predicted molar refractivity (Wildman–Crippen MR) is 108 cm³/mol. The van der Waals surface area contributed by atoms with E-state index in [1.54, 1.807) is 11.1 Å². The van der Waals surface area contributed by atoms with Gasteiger partial charge in [-0.15, -0.1) is 0 Å². The van der Waals surface area contributed by atoms with Crippen molar-refractivity contribution in [3.05, 3.63) is 6.20 Å². The van der Waals surface area contributed by atoms with Crippen LogP contribution in [0.15, 0.2) is 6.20 Å². The van der Waals surface area contributed by atoms with E-state index in [4.69, 9.17) is 15.2 Å². The molecule has 3 heterocycles. The number of piperidine rings is 1. The number of hydrogen-bond donors (Lipinski definition) is 3. The number of likely N-dealkylation sites (tertiary alicyclic amines) is 1. The molecule has 2 fully saturated rings. The standard InChI is InChI=1S/C19H32N6O3/c1-2-3-10-28-19(26)25-8-4-14(5-9-25)22-17-16(20)13-21-18(24-17)23-15-6-11-27-12-7-15/h13-15H,2-12,20H2,1H3,(H2,21,22,23,24). The predicted octanol–water partition coefficient (Wildman–Crippen LogP) is 2.46. The van der Waals surface area contributed by atoms with Crippen molar-refractivity contribution >= 4 is 23.5 Å². The molecule has 0 saturated carbocycles. The lowest BCUT2D eigenvalue weighted by atomic mass is 10.1. The molecule has 0 atom stereocenters. The number of ether oxygens (including phenoxy) is 2. The minimum atomic E-state index is -0.212. The van der Waals surface area contributed by atoms with Crippen molar-refractivity contribution in [2.75, 3.05) is 49.3 Å². The lowest BCUT2D eigenvalue weighted by Gasteiger charge is -2.32. The monoisotopic (exact) mass is 392 g/mol. The Labute approximate surface area is 166 Å². The van der Waals surface area contributed by atoms with Gasteiger partial charge in [-0.25, -0.2) is 9.78 Å². The summed E-state index contributed by atoms with van der Waals surface area (Å²) in [5.74, 6) is 1.23. The van der Waals surface area contributed by atoms with Gasteiger partial charge in [-0.1, -0.05) is 13.3 Å². The third kappa shape index (κ3) is 5.85. The van der Waals surface area contributed by atoms with Gasteiger partial charge in [0.2, 0.25) is 5.95 Å². The second-order valence-electron chi connectivity index (χ2n) is 7.40. The van der Waals surface area contributed by atoms with Crippen LogP contribution in [0.25, 0.3) is 0 Å². The summed E-state index contributed by atoms with van der Waals surface area (Å²) in [4.78, 5) is 22.7. The minimum absolute atomic E-state index is 0.212. The topological polar surface area (TPSA) is 115 Å². The second kappa shape index (κ2) is 10.3. The molecule has 28 heavy (non-hydrogen) atoms. The van der Waals surface area contributed by atoms with Gasteiger partial charge in [-0.2, -0.15) is 4.98 Å². The van der Waals surface area contributed by atoms with Gasteiger partial charge in [-0.3, -0.25) is 0 Å². The Bertz CT molecular complexity index is 630. The zero-order valence-electron chi connectivity index (χ0n) is 16.7. The summed E-state index contributed by atoms with van der Waals surface area (Å²) in [5.41, 5.74) is 6.59. The van der Waals surface area contributed by atoms with Gasteiger partial charge >= 0.3 is 6.09 Å². The maximum absolute atomic E-state index is 12.1. The Morgan fingerprint density at radius 2 is 1.96 bits per heavy atom. The largest absolute Gasteiger partial charge is 0.449 e. The third-order valence-electron chi connectivity index (χ3n) is 5.19. The summed E-state index contributed by atoms with van der Waals surface area (Å²) in [6, 6.07) is 0.542. The van der Waals surface area contributed by atoms with Crippen molar-refractivity contribution < 1.29 is 14.3 Å². The number of carbonyl (C=O) groups excluding carboxylic acids is 1. The van der Waals surface area contributed by atoms with Gasteiger partial charge in [0.15, 0.2) is 5.82 Å². The van der Waals surface area contributed by atoms with Gasteiger partial charge in [0.05, 0.1) is 18.5 Å². The van der Waals surface area contributed by atoms with E-state index in [1.807, 2.05) is 0 Å². The summed E-state index contributed by atoms with van der Waals surface area (Å²) in [6.07, 6.45) is 6.90. The first kappa shape index (κ1) is 20.4. The number of nitrogen functional groups attached to an aromatic ring is 1. The summed E-state index contributed by atoms with van der Waals surface area (Å²) < 4.78 is 10.7. The first-order valence-corrected chi connectivity index (χ1v) is 10.3. The second-order valence-corrected chi connectivity index (χ2v) is 7.40. The van der Waals surface area contributed by atoms with Crippen LogP contribution in [0.2, 0.25) is 0 Å². The van der Waals surface area contributed by atoms with Crippen LogP contribution in [0.1, 0.15) is 45.4 Å². The summed E-state index contributed by atoms with van der Waals surface area (Å²) in [6.45, 7) is 5.43.